The summed E-state index contributed by atoms with van der Waals surface area (Å²) in [5.41, 5.74) is 1.27. The number of ether oxygens (including phenoxy) is 1. The van der Waals surface area contributed by atoms with Crippen molar-refractivity contribution in [1.82, 2.24) is 15.2 Å². The Morgan fingerprint density at radius 1 is 1.41 bits per heavy atom. The van der Waals surface area contributed by atoms with Crippen molar-refractivity contribution < 1.29 is 4.74 Å². The van der Waals surface area contributed by atoms with Crippen LogP contribution in [0.1, 0.15) is 23.4 Å². The first-order valence-corrected chi connectivity index (χ1v) is 8.69. The number of rotatable bonds is 6. The van der Waals surface area contributed by atoms with Crippen LogP contribution in [0, 0.1) is 0 Å². The molecule has 2 aromatic heterocycles. The van der Waals surface area contributed by atoms with E-state index in [1.807, 2.05) is 23.7 Å². The maximum atomic E-state index is 5.68. The highest BCUT2D eigenvalue weighted by Gasteiger charge is 2.25. The van der Waals surface area contributed by atoms with Gasteiger partial charge in [-0.15, -0.1) is 11.3 Å². The molecule has 1 aliphatic rings. The van der Waals surface area contributed by atoms with Gasteiger partial charge in [-0.25, -0.2) is 0 Å². The Morgan fingerprint density at radius 2 is 2.27 bits per heavy atom. The summed E-state index contributed by atoms with van der Waals surface area (Å²) in [6, 6.07) is 8.92. The summed E-state index contributed by atoms with van der Waals surface area (Å²) in [6.45, 7) is 6.82. The Labute approximate surface area is 136 Å². The lowest BCUT2D eigenvalue weighted by Crippen LogP contribution is -2.45. The molecule has 1 aliphatic heterocycles. The average Bonchev–Trinajstić information content (AvgIpc) is 3.07. The molecule has 0 unspecified atom stereocenters. The standard InChI is InChI=1S/C17H23N3OS/c1-14-13-20(8-9-21-14)16(17-3-2-10-22-17)12-19-11-15-4-6-18-7-5-15/h2-7,10,14,16,19H,8-9,11-13H2,1H3/t14-,16-/m1/s1. The minimum atomic E-state index is 0.316. The molecule has 1 N–H and O–H groups in total. The molecule has 0 aliphatic carbocycles. The van der Waals surface area contributed by atoms with E-state index in [2.05, 4.69) is 51.8 Å². The molecule has 4 nitrogen and oxygen atoms in total. The largest absolute Gasteiger partial charge is 0.376 e. The topological polar surface area (TPSA) is 37.4 Å². The second-order valence-electron chi connectivity index (χ2n) is 5.69. The molecule has 2 aromatic rings. The van der Waals surface area contributed by atoms with Crippen molar-refractivity contribution in [2.24, 2.45) is 0 Å². The zero-order valence-corrected chi connectivity index (χ0v) is 13.8. The van der Waals surface area contributed by atoms with Gasteiger partial charge in [0.25, 0.3) is 0 Å². The third kappa shape index (κ3) is 4.14. The molecule has 3 heterocycles. The van der Waals surface area contributed by atoms with Crippen LogP contribution in [-0.2, 0) is 11.3 Å². The van der Waals surface area contributed by atoms with E-state index in [0.717, 1.165) is 32.8 Å². The van der Waals surface area contributed by atoms with Gasteiger partial charge in [-0.2, -0.15) is 0 Å². The molecule has 0 spiro atoms. The fraction of sp³-hybridized carbons (Fsp3) is 0.471. The quantitative estimate of drug-likeness (QED) is 0.889. The van der Waals surface area contributed by atoms with E-state index >= 15 is 0 Å². The monoisotopic (exact) mass is 317 g/mol. The molecule has 22 heavy (non-hydrogen) atoms. The van der Waals surface area contributed by atoms with E-state index in [9.17, 15) is 0 Å². The second kappa shape index (κ2) is 7.83. The molecule has 5 heteroatoms. The Hall–Kier alpha value is -1.27. The third-order valence-corrected chi connectivity index (χ3v) is 4.97. The van der Waals surface area contributed by atoms with Crippen molar-refractivity contribution in [2.75, 3.05) is 26.2 Å². The summed E-state index contributed by atoms with van der Waals surface area (Å²) in [4.78, 5) is 8.03. The van der Waals surface area contributed by atoms with Crippen LogP contribution in [0.5, 0.6) is 0 Å². The van der Waals surface area contributed by atoms with E-state index in [1.165, 1.54) is 10.4 Å². The van der Waals surface area contributed by atoms with Crippen LogP contribution in [0.3, 0.4) is 0 Å². The molecule has 0 amide bonds. The normalized spacial score (nSPS) is 20.9. The van der Waals surface area contributed by atoms with E-state index in [1.54, 1.807) is 0 Å². The maximum absolute atomic E-state index is 5.68. The Bertz CT molecular complexity index is 546. The van der Waals surface area contributed by atoms with Gasteiger partial charge in [-0.1, -0.05) is 6.07 Å². The summed E-state index contributed by atoms with van der Waals surface area (Å²) >= 11 is 1.84. The van der Waals surface area contributed by atoms with Crippen molar-refractivity contribution in [3.8, 4) is 0 Å². The molecule has 3 rings (SSSR count). The van der Waals surface area contributed by atoms with Gasteiger partial charge >= 0.3 is 0 Å². The van der Waals surface area contributed by atoms with Gasteiger partial charge in [-0.3, -0.25) is 9.88 Å². The van der Waals surface area contributed by atoms with Crippen molar-refractivity contribution in [2.45, 2.75) is 25.6 Å². The van der Waals surface area contributed by atoms with Crippen molar-refractivity contribution in [1.29, 1.82) is 0 Å². The van der Waals surface area contributed by atoms with Crippen LogP contribution in [0.25, 0.3) is 0 Å². The number of aromatic nitrogens is 1. The van der Waals surface area contributed by atoms with E-state index in [4.69, 9.17) is 4.74 Å². The second-order valence-corrected chi connectivity index (χ2v) is 6.67. The number of nitrogens with zero attached hydrogens (tertiary/aromatic N) is 2. The van der Waals surface area contributed by atoms with Gasteiger partial charge < -0.3 is 10.1 Å². The van der Waals surface area contributed by atoms with E-state index in [-0.39, 0.29) is 0 Å². The molecular formula is C17H23N3OS. The smallest absolute Gasteiger partial charge is 0.0674 e. The number of morpholine rings is 1. The first-order valence-electron chi connectivity index (χ1n) is 7.81. The van der Waals surface area contributed by atoms with E-state index < -0.39 is 0 Å². The highest BCUT2D eigenvalue weighted by atomic mass is 32.1. The lowest BCUT2D eigenvalue weighted by Gasteiger charge is -2.37. The molecule has 1 saturated heterocycles. The van der Waals surface area contributed by atoms with Crippen LogP contribution in [0.2, 0.25) is 0 Å². The van der Waals surface area contributed by atoms with Crippen LogP contribution in [0.4, 0.5) is 0 Å². The lowest BCUT2D eigenvalue weighted by molar-refractivity contribution is -0.0339. The SMILES string of the molecule is C[C@@H]1CN([C@H](CNCc2ccncc2)c2cccs2)CCO1. The molecule has 2 atom stereocenters. The van der Waals surface area contributed by atoms with Crippen molar-refractivity contribution in [3.05, 3.63) is 52.5 Å². The zero-order chi connectivity index (χ0) is 15.2. The minimum absolute atomic E-state index is 0.316. The van der Waals surface area contributed by atoms with Gasteiger partial charge in [0.1, 0.15) is 0 Å². The summed E-state index contributed by atoms with van der Waals surface area (Å²) in [5, 5.41) is 5.76. The van der Waals surface area contributed by atoms with Gasteiger partial charge in [0, 0.05) is 43.4 Å². The highest BCUT2D eigenvalue weighted by molar-refractivity contribution is 7.10. The van der Waals surface area contributed by atoms with Gasteiger partial charge in [0.2, 0.25) is 0 Å². The number of hydrogen-bond acceptors (Lipinski definition) is 5. The summed E-state index contributed by atoms with van der Waals surface area (Å²) in [5.74, 6) is 0. The molecule has 0 aromatic carbocycles. The first kappa shape index (κ1) is 15.6. The van der Waals surface area contributed by atoms with Crippen LogP contribution in [-0.4, -0.2) is 42.2 Å². The Kier molecular flexibility index (Phi) is 5.56. The molecular weight excluding hydrogens is 294 g/mol. The van der Waals surface area contributed by atoms with Crippen molar-refractivity contribution in [3.63, 3.8) is 0 Å². The van der Waals surface area contributed by atoms with Crippen molar-refractivity contribution >= 4 is 11.3 Å². The molecule has 0 radical (unpaired) electrons. The summed E-state index contributed by atoms with van der Waals surface area (Å²) in [7, 11) is 0. The summed E-state index contributed by atoms with van der Waals surface area (Å²) < 4.78 is 5.68. The van der Waals surface area contributed by atoms with Gasteiger partial charge in [-0.05, 0) is 36.1 Å². The first-order chi connectivity index (χ1) is 10.8. The fourth-order valence-electron chi connectivity index (χ4n) is 2.87. The number of hydrogen-bond donors (Lipinski definition) is 1. The Balaban J connectivity index is 1.61. The predicted molar refractivity (Wildman–Crippen MR) is 90.0 cm³/mol. The van der Waals surface area contributed by atoms with Gasteiger partial charge in [0.15, 0.2) is 0 Å². The van der Waals surface area contributed by atoms with Gasteiger partial charge in [0.05, 0.1) is 18.8 Å². The average molecular weight is 317 g/mol. The van der Waals surface area contributed by atoms with Crippen LogP contribution >= 0.6 is 11.3 Å². The Morgan fingerprint density at radius 3 is 3.00 bits per heavy atom. The number of pyridine rings is 1. The van der Waals surface area contributed by atoms with Crippen LogP contribution in [0.15, 0.2) is 42.0 Å². The molecule has 0 saturated carbocycles. The van der Waals surface area contributed by atoms with Crippen LogP contribution < -0.4 is 5.32 Å². The third-order valence-electron chi connectivity index (χ3n) is 4.00. The number of nitrogens with one attached hydrogen (secondary N) is 1. The number of thiophene rings is 1. The highest BCUT2D eigenvalue weighted by Crippen LogP contribution is 2.26. The van der Waals surface area contributed by atoms with E-state index in [0.29, 0.717) is 12.1 Å². The molecule has 0 bridgehead atoms. The molecule has 118 valence electrons. The summed E-state index contributed by atoms with van der Waals surface area (Å²) in [6.07, 6.45) is 4.01. The molecule has 1 fully saturated rings. The lowest BCUT2D eigenvalue weighted by atomic mass is 10.1. The maximum Gasteiger partial charge on any atom is 0.0674 e. The fourth-order valence-corrected chi connectivity index (χ4v) is 3.73. The predicted octanol–water partition coefficient (Wildman–Crippen LogP) is 2.69. The minimum Gasteiger partial charge on any atom is -0.376 e. The zero-order valence-electron chi connectivity index (χ0n) is 12.9.